The lowest BCUT2D eigenvalue weighted by Gasteiger charge is -2.09. The van der Waals surface area contributed by atoms with E-state index in [0.717, 1.165) is 0 Å². The molecule has 0 bridgehead atoms. The summed E-state index contributed by atoms with van der Waals surface area (Å²) < 4.78 is 10.2. The number of hydrogen-bond donors (Lipinski definition) is 0. The fourth-order valence-electron chi connectivity index (χ4n) is 1.53. The summed E-state index contributed by atoms with van der Waals surface area (Å²) in [6, 6.07) is 9.27. The molecule has 106 valence electrons. The van der Waals surface area contributed by atoms with Crippen molar-refractivity contribution in [2.45, 2.75) is 0 Å². The molecule has 1 heterocycles. The average molecular weight is 323 g/mol. The summed E-state index contributed by atoms with van der Waals surface area (Å²) >= 11 is 11.6. The van der Waals surface area contributed by atoms with Gasteiger partial charge in [0, 0.05) is 6.07 Å². The van der Waals surface area contributed by atoms with Gasteiger partial charge >= 0.3 is 5.97 Å². The van der Waals surface area contributed by atoms with Crippen molar-refractivity contribution in [2.75, 3.05) is 7.11 Å². The van der Waals surface area contributed by atoms with E-state index in [-0.39, 0.29) is 27.4 Å². The maximum atomic E-state index is 12.1. The summed E-state index contributed by atoms with van der Waals surface area (Å²) in [4.78, 5) is 15.9. The van der Waals surface area contributed by atoms with Crippen LogP contribution in [0.4, 0.5) is 0 Å². The molecule has 0 aliphatic carbocycles. The van der Waals surface area contributed by atoms with Crippen LogP contribution in [0.5, 0.6) is 11.5 Å². The maximum absolute atomic E-state index is 12.1. The highest BCUT2D eigenvalue weighted by Crippen LogP contribution is 2.29. The first-order chi connectivity index (χ1) is 10.0. The van der Waals surface area contributed by atoms with Crippen molar-refractivity contribution >= 4 is 29.2 Å². The van der Waals surface area contributed by atoms with Gasteiger partial charge in [0.05, 0.1) is 23.8 Å². The molecular formula is C14H8Cl2N2O3. The second-order valence-corrected chi connectivity index (χ2v) is 4.63. The minimum atomic E-state index is -0.773. The molecule has 7 heteroatoms. The zero-order valence-electron chi connectivity index (χ0n) is 10.8. The number of pyridine rings is 1. The molecule has 0 saturated carbocycles. The Hall–Kier alpha value is -2.29. The van der Waals surface area contributed by atoms with Gasteiger partial charge in [-0.3, -0.25) is 0 Å². The number of rotatable bonds is 3. The molecule has 0 unspecified atom stereocenters. The fraction of sp³-hybridized carbons (Fsp3) is 0.0714. The minimum absolute atomic E-state index is 0.101. The van der Waals surface area contributed by atoms with Crippen molar-refractivity contribution in [3.05, 3.63) is 51.8 Å². The predicted molar refractivity (Wildman–Crippen MR) is 76.9 cm³/mol. The molecule has 21 heavy (non-hydrogen) atoms. The van der Waals surface area contributed by atoms with Crippen molar-refractivity contribution < 1.29 is 14.3 Å². The van der Waals surface area contributed by atoms with Crippen LogP contribution >= 0.6 is 23.2 Å². The molecule has 0 spiro atoms. The van der Waals surface area contributed by atoms with E-state index < -0.39 is 5.97 Å². The summed E-state index contributed by atoms with van der Waals surface area (Å²) in [6.45, 7) is 0. The molecule has 0 radical (unpaired) electrons. The Morgan fingerprint density at radius 3 is 2.67 bits per heavy atom. The van der Waals surface area contributed by atoms with Crippen molar-refractivity contribution in [2.24, 2.45) is 0 Å². The van der Waals surface area contributed by atoms with E-state index in [4.69, 9.17) is 37.9 Å². The van der Waals surface area contributed by atoms with E-state index in [1.165, 1.54) is 37.4 Å². The Bertz CT molecular complexity index is 741. The fourth-order valence-corrected chi connectivity index (χ4v) is 1.86. The van der Waals surface area contributed by atoms with Gasteiger partial charge in [-0.2, -0.15) is 5.26 Å². The standard InChI is InChI=1S/C14H8Cl2N2O3/c1-20-11-6-8(7-17)2-4-10(11)21-14(19)13-9(15)3-5-12(16)18-13/h2-6H,1H3. The number of ether oxygens (including phenoxy) is 2. The molecular weight excluding hydrogens is 315 g/mol. The molecule has 0 fully saturated rings. The highest BCUT2D eigenvalue weighted by atomic mass is 35.5. The number of aromatic nitrogens is 1. The van der Waals surface area contributed by atoms with Gasteiger partial charge in [0.1, 0.15) is 5.15 Å². The van der Waals surface area contributed by atoms with Crippen LogP contribution in [0.25, 0.3) is 0 Å². The minimum Gasteiger partial charge on any atom is -0.493 e. The van der Waals surface area contributed by atoms with Crippen LogP contribution in [-0.4, -0.2) is 18.1 Å². The second-order valence-electron chi connectivity index (χ2n) is 3.83. The monoisotopic (exact) mass is 322 g/mol. The lowest BCUT2D eigenvalue weighted by atomic mass is 10.2. The molecule has 0 N–H and O–H groups in total. The van der Waals surface area contributed by atoms with Crippen LogP contribution in [0.3, 0.4) is 0 Å². The third kappa shape index (κ3) is 3.43. The Kier molecular flexibility index (Phi) is 4.63. The number of nitriles is 1. The third-order valence-corrected chi connectivity index (χ3v) is 3.02. The quantitative estimate of drug-likeness (QED) is 0.491. The van der Waals surface area contributed by atoms with E-state index >= 15 is 0 Å². The summed E-state index contributed by atoms with van der Waals surface area (Å²) in [7, 11) is 1.40. The van der Waals surface area contributed by atoms with Gasteiger partial charge in [-0.05, 0) is 24.3 Å². The van der Waals surface area contributed by atoms with Gasteiger partial charge in [0.2, 0.25) is 0 Å². The number of hydrogen-bond acceptors (Lipinski definition) is 5. The number of carbonyl (C=O) groups is 1. The lowest BCUT2D eigenvalue weighted by Crippen LogP contribution is -2.12. The normalized spacial score (nSPS) is 9.81. The van der Waals surface area contributed by atoms with Gasteiger partial charge < -0.3 is 9.47 Å². The Labute approximate surface area is 130 Å². The first-order valence-electron chi connectivity index (χ1n) is 5.67. The molecule has 2 rings (SSSR count). The van der Waals surface area contributed by atoms with Crippen LogP contribution in [0.2, 0.25) is 10.2 Å². The van der Waals surface area contributed by atoms with E-state index in [2.05, 4.69) is 4.98 Å². The number of carbonyl (C=O) groups excluding carboxylic acids is 1. The summed E-state index contributed by atoms with van der Waals surface area (Å²) in [5, 5.41) is 9.07. The zero-order valence-corrected chi connectivity index (χ0v) is 12.3. The molecule has 0 aliphatic rings. The summed E-state index contributed by atoms with van der Waals surface area (Å²) in [5.41, 5.74) is 0.279. The molecule has 5 nitrogen and oxygen atoms in total. The summed E-state index contributed by atoms with van der Waals surface area (Å²) in [6.07, 6.45) is 0. The second kappa shape index (κ2) is 6.44. The van der Waals surface area contributed by atoms with Crippen LogP contribution in [0, 0.1) is 11.3 Å². The first-order valence-corrected chi connectivity index (χ1v) is 6.43. The largest absolute Gasteiger partial charge is 0.493 e. The van der Waals surface area contributed by atoms with Gasteiger partial charge in [-0.15, -0.1) is 0 Å². The highest BCUT2D eigenvalue weighted by Gasteiger charge is 2.17. The van der Waals surface area contributed by atoms with Crippen molar-refractivity contribution in [3.63, 3.8) is 0 Å². The first kappa shape index (κ1) is 15.1. The molecule has 0 amide bonds. The average Bonchev–Trinajstić information content (AvgIpc) is 2.49. The van der Waals surface area contributed by atoms with Gasteiger partial charge in [0.15, 0.2) is 17.2 Å². The SMILES string of the molecule is COc1cc(C#N)ccc1OC(=O)c1nc(Cl)ccc1Cl. The van der Waals surface area contributed by atoms with Crippen molar-refractivity contribution in [1.29, 1.82) is 5.26 Å². The van der Waals surface area contributed by atoms with E-state index in [9.17, 15) is 4.79 Å². The predicted octanol–water partition coefficient (Wildman–Crippen LogP) is 3.49. The molecule has 1 aromatic carbocycles. The molecule has 0 aliphatic heterocycles. The topological polar surface area (TPSA) is 72.2 Å². The number of nitrogens with zero attached hydrogens (tertiary/aromatic N) is 2. The zero-order chi connectivity index (χ0) is 15.4. The van der Waals surface area contributed by atoms with Crippen molar-refractivity contribution in [3.8, 4) is 17.6 Å². The number of esters is 1. The molecule has 1 aromatic heterocycles. The summed E-state index contributed by atoms with van der Waals surface area (Å²) in [5.74, 6) is -0.370. The molecule has 0 atom stereocenters. The number of halogens is 2. The van der Waals surface area contributed by atoms with Crippen LogP contribution < -0.4 is 9.47 Å². The van der Waals surface area contributed by atoms with Crippen LogP contribution in [-0.2, 0) is 0 Å². The van der Waals surface area contributed by atoms with E-state index in [1.54, 1.807) is 0 Å². The molecule has 0 saturated heterocycles. The maximum Gasteiger partial charge on any atom is 0.364 e. The molecule has 2 aromatic rings. The third-order valence-electron chi connectivity index (χ3n) is 2.50. The van der Waals surface area contributed by atoms with Crippen LogP contribution in [0.15, 0.2) is 30.3 Å². The number of benzene rings is 1. The Balaban J connectivity index is 2.32. The van der Waals surface area contributed by atoms with Crippen molar-refractivity contribution in [1.82, 2.24) is 4.98 Å². The number of methoxy groups -OCH3 is 1. The lowest BCUT2D eigenvalue weighted by molar-refractivity contribution is 0.0724. The van der Waals surface area contributed by atoms with Gasteiger partial charge in [0.25, 0.3) is 0 Å². The van der Waals surface area contributed by atoms with Gasteiger partial charge in [-0.1, -0.05) is 23.2 Å². The Morgan fingerprint density at radius 1 is 1.24 bits per heavy atom. The van der Waals surface area contributed by atoms with Crippen LogP contribution in [0.1, 0.15) is 16.1 Å². The van der Waals surface area contributed by atoms with E-state index in [1.807, 2.05) is 6.07 Å². The van der Waals surface area contributed by atoms with Gasteiger partial charge in [-0.25, -0.2) is 9.78 Å². The van der Waals surface area contributed by atoms with E-state index in [0.29, 0.717) is 5.56 Å². The smallest absolute Gasteiger partial charge is 0.364 e. The Morgan fingerprint density at radius 2 is 2.00 bits per heavy atom. The highest BCUT2D eigenvalue weighted by molar-refractivity contribution is 6.34.